The number of pyridine rings is 1. The molecule has 17 heavy (non-hydrogen) atoms. The summed E-state index contributed by atoms with van der Waals surface area (Å²) in [4.78, 5) is 13.9. The van der Waals surface area contributed by atoms with E-state index in [-0.39, 0.29) is 0 Å². The second-order valence-electron chi connectivity index (χ2n) is 3.70. The number of aryl methyl sites for hydroxylation is 1. The third-order valence-corrected chi connectivity index (χ3v) is 3.34. The van der Waals surface area contributed by atoms with Crippen LogP contribution in [-0.4, -0.2) is 19.5 Å². The standard InChI is InChI=1S/C11H11N5S/c1-16-6-15-10-9(16)2-3-13-11(10)14-5-8-4-12-7-17-8/h2-4,6-7H,5H2,1H3,(H,13,14). The van der Waals surface area contributed by atoms with Crippen molar-refractivity contribution in [3.63, 3.8) is 0 Å². The molecule has 0 atom stereocenters. The number of thiazole rings is 1. The third-order valence-electron chi connectivity index (χ3n) is 2.56. The Balaban J connectivity index is 1.90. The van der Waals surface area contributed by atoms with Crippen LogP contribution in [0.2, 0.25) is 0 Å². The molecule has 0 amide bonds. The summed E-state index contributed by atoms with van der Waals surface area (Å²) in [6, 6.07) is 1.96. The number of rotatable bonds is 3. The highest BCUT2D eigenvalue weighted by Gasteiger charge is 2.06. The quantitative estimate of drug-likeness (QED) is 0.767. The molecule has 86 valence electrons. The van der Waals surface area contributed by atoms with Crippen LogP contribution in [0.15, 0.2) is 30.3 Å². The third kappa shape index (κ3) is 1.87. The van der Waals surface area contributed by atoms with Crippen molar-refractivity contribution in [3.8, 4) is 0 Å². The van der Waals surface area contributed by atoms with E-state index in [1.54, 1.807) is 23.9 Å². The molecule has 0 radical (unpaired) electrons. The Morgan fingerprint density at radius 3 is 3.18 bits per heavy atom. The zero-order chi connectivity index (χ0) is 11.7. The summed E-state index contributed by atoms with van der Waals surface area (Å²) in [5.74, 6) is 0.816. The van der Waals surface area contributed by atoms with Crippen molar-refractivity contribution in [1.29, 1.82) is 0 Å². The predicted molar refractivity (Wildman–Crippen MR) is 67.9 cm³/mol. The Morgan fingerprint density at radius 1 is 1.41 bits per heavy atom. The molecular formula is C11H11N5S. The van der Waals surface area contributed by atoms with Gasteiger partial charge in [-0.1, -0.05) is 0 Å². The van der Waals surface area contributed by atoms with Crippen molar-refractivity contribution in [2.75, 3.05) is 5.32 Å². The smallest absolute Gasteiger partial charge is 0.154 e. The van der Waals surface area contributed by atoms with Gasteiger partial charge in [-0.2, -0.15) is 0 Å². The van der Waals surface area contributed by atoms with Crippen LogP contribution in [0.25, 0.3) is 11.0 Å². The van der Waals surface area contributed by atoms with Gasteiger partial charge in [-0.25, -0.2) is 9.97 Å². The number of hydrogen-bond donors (Lipinski definition) is 1. The molecule has 0 unspecified atom stereocenters. The highest BCUT2D eigenvalue weighted by molar-refractivity contribution is 7.09. The molecule has 6 heteroatoms. The van der Waals surface area contributed by atoms with Crippen molar-refractivity contribution >= 4 is 28.2 Å². The highest BCUT2D eigenvalue weighted by atomic mass is 32.1. The van der Waals surface area contributed by atoms with Crippen LogP contribution in [0, 0.1) is 0 Å². The van der Waals surface area contributed by atoms with Crippen molar-refractivity contribution in [1.82, 2.24) is 19.5 Å². The molecule has 5 nitrogen and oxygen atoms in total. The minimum atomic E-state index is 0.730. The maximum atomic E-state index is 4.34. The van der Waals surface area contributed by atoms with Crippen LogP contribution >= 0.6 is 11.3 Å². The summed E-state index contributed by atoms with van der Waals surface area (Å²) in [7, 11) is 1.97. The van der Waals surface area contributed by atoms with Crippen LogP contribution in [0.3, 0.4) is 0 Å². The van der Waals surface area contributed by atoms with Crippen molar-refractivity contribution in [2.45, 2.75) is 6.54 Å². The molecule has 0 aliphatic heterocycles. The van der Waals surface area contributed by atoms with Gasteiger partial charge in [0.05, 0.1) is 23.9 Å². The first-order chi connectivity index (χ1) is 8.34. The Kier molecular flexibility index (Phi) is 2.49. The molecule has 0 aliphatic carbocycles. The van der Waals surface area contributed by atoms with Gasteiger partial charge in [0.2, 0.25) is 0 Å². The number of imidazole rings is 1. The molecule has 0 aromatic carbocycles. The van der Waals surface area contributed by atoms with E-state index < -0.39 is 0 Å². The fraction of sp³-hybridized carbons (Fsp3) is 0.182. The second-order valence-corrected chi connectivity index (χ2v) is 4.67. The summed E-state index contributed by atoms with van der Waals surface area (Å²) in [5, 5.41) is 3.29. The average molecular weight is 245 g/mol. The first-order valence-electron chi connectivity index (χ1n) is 5.22. The Morgan fingerprint density at radius 2 is 2.35 bits per heavy atom. The zero-order valence-electron chi connectivity index (χ0n) is 9.29. The van der Waals surface area contributed by atoms with Gasteiger partial charge in [0.1, 0.15) is 5.52 Å². The zero-order valence-corrected chi connectivity index (χ0v) is 10.1. The molecule has 3 aromatic rings. The Labute approximate surface area is 102 Å². The number of anilines is 1. The van der Waals surface area contributed by atoms with E-state index in [0.717, 1.165) is 23.4 Å². The van der Waals surface area contributed by atoms with Gasteiger partial charge in [0, 0.05) is 24.3 Å². The number of nitrogens with zero attached hydrogens (tertiary/aromatic N) is 4. The van der Waals surface area contributed by atoms with E-state index in [9.17, 15) is 0 Å². The summed E-state index contributed by atoms with van der Waals surface area (Å²) in [6.07, 6.45) is 5.44. The van der Waals surface area contributed by atoms with Crippen LogP contribution in [0.5, 0.6) is 0 Å². The number of hydrogen-bond acceptors (Lipinski definition) is 5. The SMILES string of the molecule is Cn1cnc2c(NCc3cncs3)nccc21. The Hall–Kier alpha value is -1.95. The van der Waals surface area contributed by atoms with Crippen molar-refractivity contribution in [2.24, 2.45) is 7.05 Å². The molecule has 3 rings (SSSR count). The minimum absolute atomic E-state index is 0.730. The normalized spacial score (nSPS) is 10.9. The lowest BCUT2D eigenvalue weighted by molar-refractivity contribution is 0.947. The number of nitrogens with one attached hydrogen (secondary N) is 1. The Bertz CT molecular complexity index is 628. The molecule has 0 saturated carbocycles. The van der Waals surface area contributed by atoms with E-state index in [0.29, 0.717) is 0 Å². The van der Waals surface area contributed by atoms with E-state index in [2.05, 4.69) is 20.3 Å². The minimum Gasteiger partial charge on any atom is -0.363 e. The van der Waals surface area contributed by atoms with E-state index >= 15 is 0 Å². The molecule has 0 spiro atoms. The lowest BCUT2D eigenvalue weighted by Gasteiger charge is -2.04. The van der Waals surface area contributed by atoms with Gasteiger partial charge in [-0.15, -0.1) is 11.3 Å². The monoisotopic (exact) mass is 245 g/mol. The topological polar surface area (TPSA) is 55.6 Å². The predicted octanol–water partition coefficient (Wildman–Crippen LogP) is 2.04. The van der Waals surface area contributed by atoms with Crippen LogP contribution in [-0.2, 0) is 13.6 Å². The van der Waals surface area contributed by atoms with E-state index in [4.69, 9.17) is 0 Å². The number of fused-ring (bicyclic) bond motifs is 1. The fourth-order valence-corrected chi connectivity index (χ4v) is 2.23. The van der Waals surface area contributed by atoms with E-state index in [1.165, 1.54) is 4.88 Å². The lowest BCUT2D eigenvalue weighted by atomic mass is 10.3. The van der Waals surface area contributed by atoms with Crippen LogP contribution in [0.1, 0.15) is 4.88 Å². The first-order valence-corrected chi connectivity index (χ1v) is 6.10. The van der Waals surface area contributed by atoms with Gasteiger partial charge in [-0.3, -0.25) is 4.98 Å². The summed E-state index contributed by atoms with van der Waals surface area (Å²) in [6.45, 7) is 0.730. The molecule has 0 bridgehead atoms. The second kappa shape index (κ2) is 4.14. The van der Waals surface area contributed by atoms with Gasteiger partial charge in [-0.05, 0) is 6.07 Å². The van der Waals surface area contributed by atoms with Crippen molar-refractivity contribution < 1.29 is 0 Å². The molecule has 0 fully saturated rings. The van der Waals surface area contributed by atoms with Gasteiger partial charge >= 0.3 is 0 Å². The summed E-state index contributed by atoms with van der Waals surface area (Å²) >= 11 is 1.63. The summed E-state index contributed by atoms with van der Waals surface area (Å²) < 4.78 is 1.98. The highest BCUT2D eigenvalue weighted by Crippen LogP contribution is 2.19. The first kappa shape index (κ1) is 10.2. The molecule has 0 saturated heterocycles. The van der Waals surface area contributed by atoms with E-state index in [1.807, 2.05) is 29.4 Å². The van der Waals surface area contributed by atoms with Crippen molar-refractivity contribution in [3.05, 3.63) is 35.2 Å². The van der Waals surface area contributed by atoms with Gasteiger partial charge < -0.3 is 9.88 Å². The number of aromatic nitrogens is 4. The van der Waals surface area contributed by atoms with Gasteiger partial charge in [0.25, 0.3) is 0 Å². The molecular weight excluding hydrogens is 234 g/mol. The maximum Gasteiger partial charge on any atom is 0.154 e. The molecule has 0 aliphatic rings. The lowest BCUT2D eigenvalue weighted by Crippen LogP contribution is -2.00. The molecule has 3 heterocycles. The summed E-state index contributed by atoms with van der Waals surface area (Å²) in [5.41, 5.74) is 3.80. The van der Waals surface area contributed by atoms with Crippen LogP contribution < -0.4 is 5.32 Å². The van der Waals surface area contributed by atoms with Gasteiger partial charge in [0.15, 0.2) is 5.82 Å². The largest absolute Gasteiger partial charge is 0.363 e. The maximum absolute atomic E-state index is 4.34. The fourth-order valence-electron chi connectivity index (χ4n) is 1.69. The van der Waals surface area contributed by atoms with Crippen LogP contribution in [0.4, 0.5) is 5.82 Å². The molecule has 3 aromatic heterocycles. The average Bonchev–Trinajstić information content (AvgIpc) is 2.97. The molecule has 1 N–H and O–H groups in total.